The quantitative estimate of drug-likeness (QED) is 0.736. The Bertz CT molecular complexity index is 951. The standard InChI is InChI=1S/C21H21N5O2/c1-28-21-17(5-4-12-22-21)20(27)23-16-8-6-15(7-9-16)18-10-11-19(25-24-18)26-13-2-3-14-26/h4-12H,2-3,13-14H2,1H3,(H,23,27). The monoisotopic (exact) mass is 375 g/mol. The number of rotatable bonds is 5. The van der Waals surface area contributed by atoms with Crippen molar-refractivity contribution in [1.82, 2.24) is 15.2 Å². The molecule has 7 heteroatoms. The van der Waals surface area contributed by atoms with Gasteiger partial charge in [0.2, 0.25) is 5.88 Å². The highest BCUT2D eigenvalue weighted by Crippen LogP contribution is 2.23. The molecule has 1 fully saturated rings. The lowest BCUT2D eigenvalue weighted by Gasteiger charge is -2.15. The van der Waals surface area contributed by atoms with Gasteiger partial charge in [0, 0.05) is 30.5 Å². The maximum Gasteiger partial charge on any atom is 0.261 e. The van der Waals surface area contributed by atoms with Crippen LogP contribution < -0.4 is 15.0 Å². The van der Waals surface area contributed by atoms with E-state index in [1.807, 2.05) is 36.4 Å². The van der Waals surface area contributed by atoms with E-state index >= 15 is 0 Å². The van der Waals surface area contributed by atoms with Gasteiger partial charge in [-0.1, -0.05) is 12.1 Å². The Labute approximate surface area is 163 Å². The average Bonchev–Trinajstić information content (AvgIpc) is 3.29. The summed E-state index contributed by atoms with van der Waals surface area (Å²) >= 11 is 0. The van der Waals surface area contributed by atoms with Gasteiger partial charge in [-0.25, -0.2) is 4.98 Å². The van der Waals surface area contributed by atoms with Crippen LogP contribution in [0.2, 0.25) is 0 Å². The number of ether oxygens (including phenoxy) is 1. The maximum absolute atomic E-state index is 12.5. The van der Waals surface area contributed by atoms with E-state index in [0.29, 0.717) is 17.1 Å². The molecule has 3 aromatic rings. The molecule has 1 aliphatic rings. The number of benzene rings is 1. The molecular formula is C21H21N5O2. The molecule has 0 unspecified atom stereocenters. The number of carbonyl (C=O) groups excluding carboxylic acids is 1. The summed E-state index contributed by atoms with van der Waals surface area (Å²) in [5, 5.41) is 11.6. The van der Waals surface area contributed by atoms with Crippen molar-refractivity contribution in [2.45, 2.75) is 12.8 Å². The van der Waals surface area contributed by atoms with E-state index in [-0.39, 0.29) is 5.91 Å². The zero-order valence-electron chi connectivity index (χ0n) is 15.6. The van der Waals surface area contributed by atoms with Gasteiger partial charge >= 0.3 is 0 Å². The molecule has 0 aliphatic carbocycles. The van der Waals surface area contributed by atoms with Gasteiger partial charge in [-0.15, -0.1) is 10.2 Å². The van der Waals surface area contributed by atoms with Crippen LogP contribution in [0.5, 0.6) is 5.88 Å². The van der Waals surface area contributed by atoms with Gasteiger partial charge in [0.25, 0.3) is 5.91 Å². The number of nitrogens with zero attached hydrogens (tertiary/aromatic N) is 4. The fourth-order valence-electron chi connectivity index (χ4n) is 3.24. The van der Waals surface area contributed by atoms with E-state index in [1.165, 1.54) is 20.0 Å². The van der Waals surface area contributed by atoms with E-state index in [2.05, 4.69) is 25.4 Å². The Balaban J connectivity index is 1.45. The highest BCUT2D eigenvalue weighted by atomic mass is 16.5. The first-order chi connectivity index (χ1) is 13.7. The highest BCUT2D eigenvalue weighted by molar-refractivity contribution is 6.05. The fourth-order valence-corrected chi connectivity index (χ4v) is 3.24. The normalized spacial score (nSPS) is 13.4. The largest absolute Gasteiger partial charge is 0.480 e. The first-order valence-electron chi connectivity index (χ1n) is 9.24. The lowest BCUT2D eigenvalue weighted by atomic mass is 10.1. The van der Waals surface area contributed by atoms with E-state index in [0.717, 1.165) is 30.2 Å². The molecule has 4 rings (SSSR count). The Morgan fingerprint density at radius 1 is 1.04 bits per heavy atom. The molecule has 0 atom stereocenters. The van der Waals surface area contributed by atoms with Crippen LogP contribution in [0, 0.1) is 0 Å². The number of amides is 1. The molecule has 142 valence electrons. The number of carbonyl (C=O) groups is 1. The molecular weight excluding hydrogens is 354 g/mol. The van der Waals surface area contributed by atoms with Crippen molar-refractivity contribution >= 4 is 17.4 Å². The Hall–Kier alpha value is -3.48. The van der Waals surface area contributed by atoms with Gasteiger partial charge in [-0.05, 0) is 49.2 Å². The van der Waals surface area contributed by atoms with Crippen molar-refractivity contribution in [3.05, 3.63) is 60.3 Å². The van der Waals surface area contributed by atoms with Crippen LogP contribution in [0.15, 0.2) is 54.7 Å². The number of hydrogen-bond donors (Lipinski definition) is 1. The minimum absolute atomic E-state index is 0.271. The summed E-state index contributed by atoms with van der Waals surface area (Å²) in [6.45, 7) is 2.09. The van der Waals surface area contributed by atoms with Crippen LogP contribution in [-0.4, -0.2) is 41.3 Å². The number of hydrogen-bond acceptors (Lipinski definition) is 6. The molecule has 0 spiro atoms. The van der Waals surface area contributed by atoms with E-state index in [9.17, 15) is 4.79 Å². The summed E-state index contributed by atoms with van der Waals surface area (Å²) in [5.74, 6) is 0.952. The molecule has 1 amide bonds. The van der Waals surface area contributed by atoms with Gasteiger partial charge in [0.1, 0.15) is 5.56 Å². The molecule has 3 heterocycles. The zero-order valence-corrected chi connectivity index (χ0v) is 15.6. The first-order valence-corrected chi connectivity index (χ1v) is 9.24. The predicted molar refractivity (Wildman–Crippen MR) is 108 cm³/mol. The third-order valence-electron chi connectivity index (χ3n) is 4.73. The highest BCUT2D eigenvalue weighted by Gasteiger charge is 2.15. The number of methoxy groups -OCH3 is 1. The second-order valence-corrected chi connectivity index (χ2v) is 6.56. The van der Waals surface area contributed by atoms with Crippen LogP contribution in [0.3, 0.4) is 0 Å². The van der Waals surface area contributed by atoms with Crippen LogP contribution >= 0.6 is 0 Å². The topological polar surface area (TPSA) is 80.2 Å². The molecule has 0 bridgehead atoms. The summed E-state index contributed by atoms with van der Waals surface area (Å²) < 4.78 is 5.14. The van der Waals surface area contributed by atoms with E-state index in [1.54, 1.807) is 18.3 Å². The van der Waals surface area contributed by atoms with Crippen LogP contribution in [0.25, 0.3) is 11.3 Å². The van der Waals surface area contributed by atoms with Gasteiger partial charge in [0.15, 0.2) is 5.82 Å². The number of aromatic nitrogens is 3. The summed E-state index contributed by atoms with van der Waals surface area (Å²) in [6.07, 6.45) is 4.00. The first kappa shape index (κ1) is 17.9. The maximum atomic E-state index is 12.5. The minimum atomic E-state index is -0.271. The van der Waals surface area contributed by atoms with Gasteiger partial charge in [-0.3, -0.25) is 4.79 Å². The Morgan fingerprint density at radius 3 is 2.50 bits per heavy atom. The third-order valence-corrected chi connectivity index (χ3v) is 4.73. The minimum Gasteiger partial charge on any atom is -0.480 e. The van der Waals surface area contributed by atoms with E-state index < -0.39 is 0 Å². The van der Waals surface area contributed by atoms with Gasteiger partial charge in [0.05, 0.1) is 12.8 Å². The smallest absolute Gasteiger partial charge is 0.261 e. The van der Waals surface area contributed by atoms with Gasteiger partial charge in [-0.2, -0.15) is 0 Å². The summed E-state index contributed by atoms with van der Waals surface area (Å²) in [7, 11) is 1.49. The third kappa shape index (κ3) is 3.78. The van der Waals surface area contributed by atoms with Gasteiger partial charge < -0.3 is 15.0 Å². The lowest BCUT2D eigenvalue weighted by molar-refractivity contribution is 0.102. The molecule has 1 aliphatic heterocycles. The molecule has 7 nitrogen and oxygen atoms in total. The fraction of sp³-hybridized carbons (Fsp3) is 0.238. The summed E-state index contributed by atoms with van der Waals surface area (Å²) in [5.41, 5.74) is 2.81. The molecule has 0 saturated carbocycles. The number of pyridine rings is 1. The summed E-state index contributed by atoms with van der Waals surface area (Å²) in [4.78, 5) is 18.8. The predicted octanol–water partition coefficient (Wildman–Crippen LogP) is 3.40. The van der Waals surface area contributed by atoms with Crippen LogP contribution in [-0.2, 0) is 0 Å². The zero-order chi connectivity index (χ0) is 19.3. The van der Waals surface area contributed by atoms with E-state index in [4.69, 9.17) is 4.74 Å². The average molecular weight is 375 g/mol. The Kier molecular flexibility index (Phi) is 5.14. The van der Waals surface area contributed by atoms with Crippen LogP contribution in [0.1, 0.15) is 23.2 Å². The second-order valence-electron chi connectivity index (χ2n) is 6.56. The second kappa shape index (κ2) is 8.04. The lowest BCUT2D eigenvalue weighted by Crippen LogP contribution is -2.19. The van der Waals surface area contributed by atoms with Crippen molar-refractivity contribution in [1.29, 1.82) is 0 Å². The molecule has 28 heavy (non-hydrogen) atoms. The molecule has 1 saturated heterocycles. The molecule has 2 aromatic heterocycles. The Morgan fingerprint density at radius 2 is 1.82 bits per heavy atom. The van der Waals surface area contributed by atoms with Crippen molar-refractivity contribution in [2.24, 2.45) is 0 Å². The SMILES string of the molecule is COc1ncccc1C(=O)Nc1ccc(-c2ccc(N3CCCC3)nn2)cc1. The number of nitrogens with one attached hydrogen (secondary N) is 1. The van der Waals surface area contributed by atoms with Crippen molar-refractivity contribution in [3.8, 4) is 17.1 Å². The van der Waals surface area contributed by atoms with Crippen molar-refractivity contribution < 1.29 is 9.53 Å². The molecule has 0 radical (unpaired) electrons. The van der Waals surface area contributed by atoms with Crippen molar-refractivity contribution in [2.75, 3.05) is 30.4 Å². The number of anilines is 2. The molecule has 1 aromatic carbocycles. The molecule has 1 N–H and O–H groups in total. The summed E-state index contributed by atoms with van der Waals surface area (Å²) in [6, 6.07) is 14.9. The van der Waals surface area contributed by atoms with Crippen molar-refractivity contribution in [3.63, 3.8) is 0 Å². The van der Waals surface area contributed by atoms with Crippen LogP contribution in [0.4, 0.5) is 11.5 Å².